The molecule has 1 aromatic rings. The van der Waals surface area contributed by atoms with Crippen LogP contribution >= 0.6 is 11.6 Å². The van der Waals surface area contributed by atoms with Crippen molar-refractivity contribution >= 4 is 17.3 Å². The van der Waals surface area contributed by atoms with Crippen molar-refractivity contribution in [3.05, 3.63) is 28.8 Å². The van der Waals surface area contributed by atoms with Crippen molar-refractivity contribution in [1.29, 1.82) is 5.26 Å². The Morgan fingerprint density at radius 2 is 2.12 bits per heavy atom. The summed E-state index contributed by atoms with van der Waals surface area (Å²) >= 11 is 5.89. The van der Waals surface area contributed by atoms with Gasteiger partial charge in [-0.2, -0.15) is 5.26 Å². The van der Waals surface area contributed by atoms with E-state index in [0.29, 0.717) is 16.5 Å². The van der Waals surface area contributed by atoms with E-state index in [2.05, 4.69) is 11.0 Å². The monoisotopic (exact) mass is 249 g/mol. The van der Waals surface area contributed by atoms with Crippen molar-refractivity contribution in [2.24, 2.45) is 11.7 Å². The summed E-state index contributed by atoms with van der Waals surface area (Å²) < 4.78 is 0. The van der Waals surface area contributed by atoms with Crippen molar-refractivity contribution < 1.29 is 0 Å². The van der Waals surface area contributed by atoms with E-state index in [1.165, 1.54) is 0 Å². The molecule has 0 atom stereocenters. The minimum atomic E-state index is 0.613. The van der Waals surface area contributed by atoms with Crippen LogP contribution in [0.15, 0.2) is 18.2 Å². The Hall–Kier alpha value is -1.24. The van der Waals surface area contributed by atoms with E-state index in [9.17, 15) is 0 Å². The van der Waals surface area contributed by atoms with E-state index >= 15 is 0 Å². The molecule has 1 aliphatic heterocycles. The molecule has 90 valence electrons. The molecule has 17 heavy (non-hydrogen) atoms. The van der Waals surface area contributed by atoms with Crippen LogP contribution in [0.3, 0.4) is 0 Å². The number of hydrogen-bond acceptors (Lipinski definition) is 3. The molecule has 0 amide bonds. The van der Waals surface area contributed by atoms with Gasteiger partial charge in [-0.25, -0.2) is 0 Å². The number of nitriles is 1. The highest BCUT2D eigenvalue weighted by molar-refractivity contribution is 6.30. The molecule has 2 N–H and O–H groups in total. The zero-order valence-electron chi connectivity index (χ0n) is 9.69. The van der Waals surface area contributed by atoms with Crippen molar-refractivity contribution in [2.45, 2.75) is 12.8 Å². The first-order valence-corrected chi connectivity index (χ1v) is 6.27. The number of benzene rings is 1. The Morgan fingerprint density at radius 3 is 2.71 bits per heavy atom. The summed E-state index contributed by atoms with van der Waals surface area (Å²) in [6, 6.07) is 7.71. The van der Waals surface area contributed by atoms with E-state index < -0.39 is 0 Å². The topological polar surface area (TPSA) is 53.0 Å². The first kappa shape index (κ1) is 12.2. The third kappa shape index (κ3) is 2.71. The van der Waals surface area contributed by atoms with E-state index in [1.54, 1.807) is 6.07 Å². The SMILES string of the molecule is N#Cc1cc(Cl)ccc1N1CCC(CN)CC1. The lowest BCUT2D eigenvalue weighted by Gasteiger charge is -2.33. The van der Waals surface area contributed by atoms with Gasteiger partial charge in [0.25, 0.3) is 0 Å². The summed E-state index contributed by atoms with van der Waals surface area (Å²) in [5, 5.41) is 9.73. The Balaban J connectivity index is 2.16. The highest BCUT2D eigenvalue weighted by Crippen LogP contribution is 2.27. The minimum Gasteiger partial charge on any atom is -0.370 e. The molecule has 1 aliphatic rings. The maximum absolute atomic E-state index is 9.12. The number of anilines is 1. The van der Waals surface area contributed by atoms with E-state index in [4.69, 9.17) is 22.6 Å². The number of halogens is 1. The van der Waals surface area contributed by atoms with Gasteiger partial charge in [0, 0.05) is 18.1 Å². The first-order chi connectivity index (χ1) is 8.24. The van der Waals surface area contributed by atoms with Crippen LogP contribution in [-0.4, -0.2) is 19.6 Å². The second-order valence-electron chi connectivity index (χ2n) is 4.44. The standard InChI is InChI=1S/C13H16ClN3/c14-12-1-2-13(11(7-12)9-16)17-5-3-10(8-15)4-6-17/h1-2,7,10H,3-6,8,15H2. The second kappa shape index (κ2) is 5.39. The van der Waals surface area contributed by atoms with Crippen molar-refractivity contribution in [3.8, 4) is 6.07 Å². The molecule has 1 saturated heterocycles. The number of rotatable bonds is 2. The predicted octanol–water partition coefficient (Wildman–Crippen LogP) is 2.39. The summed E-state index contributed by atoms with van der Waals surface area (Å²) in [7, 11) is 0. The fraction of sp³-hybridized carbons (Fsp3) is 0.462. The Bertz CT molecular complexity index is 431. The highest BCUT2D eigenvalue weighted by Gasteiger charge is 2.20. The van der Waals surface area contributed by atoms with Gasteiger partial charge in [0.15, 0.2) is 0 Å². The van der Waals surface area contributed by atoms with E-state index in [-0.39, 0.29) is 0 Å². The molecule has 1 fully saturated rings. The van der Waals surface area contributed by atoms with Gasteiger partial charge in [-0.3, -0.25) is 0 Å². The molecule has 4 heteroatoms. The van der Waals surface area contributed by atoms with Gasteiger partial charge < -0.3 is 10.6 Å². The average Bonchev–Trinajstić information content (AvgIpc) is 2.39. The molecule has 0 radical (unpaired) electrons. The molecule has 1 aromatic carbocycles. The van der Waals surface area contributed by atoms with Crippen molar-refractivity contribution in [3.63, 3.8) is 0 Å². The normalized spacial score (nSPS) is 16.9. The lowest BCUT2D eigenvalue weighted by Crippen LogP contribution is -2.36. The Kier molecular flexibility index (Phi) is 3.88. The van der Waals surface area contributed by atoms with Crippen LogP contribution in [0.25, 0.3) is 0 Å². The van der Waals surface area contributed by atoms with Gasteiger partial charge in [-0.05, 0) is 43.5 Å². The molecule has 2 rings (SSSR count). The maximum Gasteiger partial charge on any atom is 0.101 e. The van der Waals surface area contributed by atoms with Gasteiger partial charge >= 0.3 is 0 Å². The van der Waals surface area contributed by atoms with Crippen molar-refractivity contribution in [1.82, 2.24) is 0 Å². The van der Waals surface area contributed by atoms with Crippen LogP contribution in [0.5, 0.6) is 0 Å². The third-order valence-electron chi connectivity index (χ3n) is 3.37. The van der Waals surface area contributed by atoms with Gasteiger partial charge in [-0.15, -0.1) is 0 Å². The van der Waals surface area contributed by atoms with Crippen LogP contribution in [-0.2, 0) is 0 Å². The highest BCUT2D eigenvalue weighted by atomic mass is 35.5. The molecular weight excluding hydrogens is 234 g/mol. The molecule has 3 nitrogen and oxygen atoms in total. The van der Waals surface area contributed by atoms with Gasteiger partial charge in [-0.1, -0.05) is 11.6 Å². The maximum atomic E-state index is 9.12. The molecule has 0 aromatic heterocycles. The molecule has 0 aliphatic carbocycles. The van der Waals surface area contributed by atoms with E-state index in [1.807, 2.05) is 12.1 Å². The largest absolute Gasteiger partial charge is 0.370 e. The first-order valence-electron chi connectivity index (χ1n) is 5.89. The van der Waals surface area contributed by atoms with E-state index in [0.717, 1.165) is 38.2 Å². The minimum absolute atomic E-state index is 0.613. The van der Waals surface area contributed by atoms with Gasteiger partial charge in [0.05, 0.1) is 11.3 Å². The van der Waals surface area contributed by atoms with Crippen LogP contribution < -0.4 is 10.6 Å². The van der Waals surface area contributed by atoms with Crippen molar-refractivity contribution in [2.75, 3.05) is 24.5 Å². The summed E-state index contributed by atoms with van der Waals surface area (Å²) in [4.78, 5) is 2.25. The molecule has 1 heterocycles. The number of nitrogens with zero attached hydrogens (tertiary/aromatic N) is 2. The second-order valence-corrected chi connectivity index (χ2v) is 4.88. The lowest BCUT2D eigenvalue weighted by atomic mass is 9.96. The quantitative estimate of drug-likeness (QED) is 0.876. The summed E-state index contributed by atoms with van der Waals surface area (Å²) in [6.07, 6.45) is 2.20. The average molecular weight is 250 g/mol. The van der Waals surface area contributed by atoms with Gasteiger partial charge in [0.1, 0.15) is 6.07 Å². The fourth-order valence-electron chi connectivity index (χ4n) is 2.28. The number of piperidine rings is 1. The molecule has 0 bridgehead atoms. The molecular formula is C13H16ClN3. The smallest absolute Gasteiger partial charge is 0.101 e. The van der Waals surface area contributed by atoms with Gasteiger partial charge in [0.2, 0.25) is 0 Å². The molecule has 0 saturated carbocycles. The Morgan fingerprint density at radius 1 is 1.41 bits per heavy atom. The predicted molar refractivity (Wildman–Crippen MR) is 70.2 cm³/mol. The molecule has 0 unspecified atom stereocenters. The summed E-state index contributed by atoms with van der Waals surface area (Å²) in [5.74, 6) is 0.629. The van der Waals surface area contributed by atoms with Crippen LogP contribution in [0, 0.1) is 17.2 Å². The lowest BCUT2D eigenvalue weighted by molar-refractivity contribution is 0.414. The van der Waals surface area contributed by atoms with Crippen LogP contribution in [0.4, 0.5) is 5.69 Å². The number of hydrogen-bond donors (Lipinski definition) is 1. The summed E-state index contributed by atoms with van der Waals surface area (Å²) in [5.41, 5.74) is 7.32. The molecule has 0 spiro atoms. The zero-order chi connectivity index (χ0) is 12.3. The zero-order valence-corrected chi connectivity index (χ0v) is 10.5. The summed E-state index contributed by atoms with van der Waals surface area (Å²) in [6.45, 7) is 2.70. The third-order valence-corrected chi connectivity index (χ3v) is 3.60. The number of nitrogens with two attached hydrogens (primary N) is 1. The van der Waals surface area contributed by atoms with Crippen LogP contribution in [0.1, 0.15) is 18.4 Å². The fourth-order valence-corrected chi connectivity index (χ4v) is 2.46. The van der Waals surface area contributed by atoms with Crippen LogP contribution in [0.2, 0.25) is 5.02 Å². The Labute approximate surface area is 107 Å².